The molecule has 0 amide bonds. The Kier molecular flexibility index (Phi) is 4.29. The molecule has 0 heterocycles. The van der Waals surface area contributed by atoms with Gasteiger partial charge < -0.3 is 0 Å². The second-order valence-corrected chi connectivity index (χ2v) is 5.04. The second kappa shape index (κ2) is 5.77. The van der Waals surface area contributed by atoms with Crippen LogP contribution in [0, 0.1) is 18.6 Å². The Balaban J connectivity index is 2.56. The average molecular weight is 327 g/mol. The fraction of sp³-hybridized carbons (Fsp3) is 0.143. The molecular weight excluding hydrogens is 314 g/mol. The lowest BCUT2D eigenvalue weighted by Gasteiger charge is -2.20. The van der Waals surface area contributed by atoms with Gasteiger partial charge in [0.1, 0.15) is 11.6 Å². The van der Waals surface area contributed by atoms with Crippen LogP contribution in [0.2, 0.25) is 0 Å². The topological polar surface area (TPSA) is 38.0 Å². The number of hydrazine groups is 1. The van der Waals surface area contributed by atoms with E-state index in [0.717, 1.165) is 33.8 Å². The summed E-state index contributed by atoms with van der Waals surface area (Å²) in [6.45, 7) is 1.92. The van der Waals surface area contributed by atoms with Gasteiger partial charge in [-0.05, 0) is 36.2 Å². The van der Waals surface area contributed by atoms with Crippen LogP contribution in [0.25, 0.3) is 0 Å². The predicted octanol–water partition coefficient (Wildman–Crippen LogP) is 3.59. The third kappa shape index (κ3) is 2.83. The van der Waals surface area contributed by atoms with Crippen LogP contribution in [-0.4, -0.2) is 0 Å². The molecule has 2 aromatic rings. The van der Waals surface area contributed by atoms with E-state index >= 15 is 0 Å². The molecular formula is C14H13BrF2N2. The molecule has 2 rings (SSSR count). The van der Waals surface area contributed by atoms with E-state index < -0.39 is 17.7 Å². The zero-order valence-electron chi connectivity index (χ0n) is 10.3. The first-order valence-corrected chi connectivity index (χ1v) is 6.50. The van der Waals surface area contributed by atoms with Crippen molar-refractivity contribution in [1.82, 2.24) is 5.43 Å². The minimum atomic E-state index is -0.620. The van der Waals surface area contributed by atoms with Gasteiger partial charge in [0.15, 0.2) is 0 Å². The first-order valence-electron chi connectivity index (χ1n) is 5.70. The van der Waals surface area contributed by atoms with E-state index in [9.17, 15) is 8.78 Å². The molecule has 0 aliphatic carbocycles. The lowest BCUT2D eigenvalue weighted by molar-refractivity contribution is 0.544. The molecule has 0 aliphatic heterocycles. The number of hydrogen-bond donors (Lipinski definition) is 2. The lowest BCUT2D eigenvalue weighted by atomic mass is 9.97. The van der Waals surface area contributed by atoms with Crippen LogP contribution < -0.4 is 11.3 Å². The zero-order valence-corrected chi connectivity index (χ0v) is 11.8. The van der Waals surface area contributed by atoms with E-state index in [1.807, 2.05) is 25.1 Å². The van der Waals surface area contributed by atoms with Gasteiger partial charge in [0.2, 0.25) is 0 Å². The monoisotopic (exact) mass is 326 g/mol. The summed E-state index contributed by atoms with van der Waals surface area (Å²) in [6.07, 6.45) is 0. The Labute approximate surface area is 118 Å². The molecule has 5 heteroatoms. The highest BCUT2D eigenvalue weighted by molar-refractivity contribution is 9.10. The van der Waals surface area contributed by atoms with Crippen molar-refractivity contribution in [3.8, 4) is 0 Å². The van der Waals surface area contributed by atoms with Gasteiger partial charge in [-0.2, -0.15) is 0 Å². The predicted molar refractivity (Wildman–Crippen MR) is 74.4 cm³/mol. The normalized spacial score (nSPS) is 12.5. The van der Waals surface area contributed by atoms with Gasteiger partial charge in [0, 0.05) is 10.0 Å². The number of halogens is 3. The van der Waals surface area contributed by atoms with Gasteiger partial charge in [-0.3, -0.25) is 5.84 Å². The molecule has 0 spiro atoms. The fourth-order valence-corrected chi connectivity index (χ4v) is 2.47. The van der Waals surface area contributed by atoms with Gasteiger partial charge in [0.25, 0.3) is 0 Å². The summed E-state index contributed by atoms with van der Waals surface area (Å²) < 4.78 is 28.0. The van der Waals surface area contributed by atoms with Crippen molar-refractivity contribution in [2.75, 3.05) is 0 Å². The van der Waals surface area contributed by atoms with Crippen LogP contribution in [0.3, 0.4) is 0 Å². The Morgan fingerprint density at radius 2 is 1.89 bits per heavy atom. The number of benzene rings is 2. The Morgan fingerprint density at radius 3 is 2.58 bits per heavy atom. The fourth-order valence-electron chi connectivity index (χ4n) is 1.98. The van der Waals surface area contributed by atoms with Crippen molar-refractivity contribution in [3.63, 3.8) is 0 Å². The molecule has 0 bridgehead atoms. The van der Waals surface area contributed by atoms with Crippen molar-refractivity contribution in [1.29, 1.82) is 0 Å². The molecule has 100 valence electrons. The van der Waals surface area contributed by atoms with Crippen LogP contribution in [0.4, 0.5) is 8.78 Å². The molecule has 0 saturated heterocycles. The molecule has 1 atom stereocenters. The standard InChI is InChI=1S/C14H13BrF2N2/c1-8-3-2-4-10(13(8)15)14(19-18)11-7-9(16)5-6-12(11)17/h2-7,14,19H,18H2,1H3. The molecule has 2 aromatic carbocycles. The van der Waals surface area contributed by atoms with Gasteiger partial charge in [0.05, 0.1) is 6.04 Å². The third-order valence-corrected chi connectivity index (χ3v) is 4.05. The number of aryl methyl sites for hydroxylation is 1. The molecule has 1 unspecified atom stereocenters. The molecule has 3 N–H and O–H groups in total. The number of rotatable bonds is 3. The molecule has 2 nitrogen and oxygen atoms in total. The van der Waals surface area contributed by atoms with E-state index in [4.69, 9.17) is 5.84 Å². The van der Waals surface area contributed by atoms with Crippen molar-refractivity contribution < 1.29 is 8.78 Å². The van der Waals surface area contributed by atoms with Crippen LogP contribution in [-0.2, 0) is 0 Å². The smallest absolute Gasteiger partial charge is 0.128 e. The summed E-state index contributed by atoms with van der Waals surface area (Å²) >= 11 is 3.45. The molecule has 0 saturated carbocycles. The number of nitrogens with one attached hydrogen (secondary N) is 1. The van der Waals surface area contributed by atoms with E-state index in [-0.39, 0.29) is 5.56 Å². The van der Waals surface area contributed by atoms with Gasteiger partial charge >= 0.3 is 0 Å². The summed E-state index contributed by atoms with van der Waals surface area (Å²) in [7, 11) is 0. The minimum Gasteiger partial charge on any atom is -0.271 e. The summed E-state index contributed by atoms with van der Waals surface area (Å²) in [5, 5.41) is 0. The van der Waals surface area contributed by atoms with E-state index in [2.05, 4.69) is 21.4 Å². The van der Waals surface area contributed by atoms with E-state index in [1.54, 1.807) is 0 Å². The van der Waals surface area contributed by atoms with Crippen LogP contribution in [0.1, 0.15) is 22.7 Å². The summed E-state index contributed by atoms with van der Waals surface area (Å²) in [5.41, 5.74) is 4.46. The van der Waals surface area contributed by atoms with Crippen molar-refractivity contribution in [3.05, 3.63) is 69.2 Å². The molecule has 0 aliphatic rings. The SMILES string of the molecule is Cc1cccc(C(NN)c2cc(F)ccc2F)c1Br. The summed E-state index contributed by atoms with van der Waals surface area (Å²) in [4.78, 5) is 0. The third-order valence-electron chi connectivity index (χ3n) is 2.97. The maximum absolute atomic E-state index is 13.8. The largest absolute Gasteiger partial charge is 0.271 e. The molecule has 0 fully saturated rings. The van der Waals surface area contributed by atoms with Crippen molar-refractivity contribution >= 4 is 15.9 Å². The highest BCUT2D eigenvalue weighted by Crippen LogP contribution is 2.31. The van der Waals surface area contributed by atoms with Gasteiger partial charge in [-0.25, -0.2) is 14.2 Å². The minimum absolute atomic E-state index is 0.175. The maximum atomic E-state index is 13.8. The average Bonchev–Trinajstić information content (AvgIpc) is 2.39. The molecule has 0 radical (unpaired) electrons. The summed E-state index contributed by atoms with van der Waals surface area (Å²) in [5.74, 6) is 4.51. The molecule has 0 aromatic heterocycles. The number of hydrogen-bond acceptors (Lipinski definition) is 2. The van der Waals surface area contributed by atoms with Crippen molar-refractivity contribution in [2.45, 2.75) is 13.0 Å². The Hall–Kier alpha value is -1.30. The van der Waals surface area contributed by atoms with Crippen LogP contribution >= 0.6 is 15.9 Å². The Bertz CT molecular complexity index is 600. The highest BCUT2D eigenvalue weighted by atomic mass is 79.9. The first kappa shape index (κ1) is 14.1. The van der Waals surface area contributed by atoms with Crippen molar-refractivity contribution in [2.24, 2.45) is 5.84 Å². The quantitative estimate of drug-likeness (QED) is 0.668. The summed E-state index contributed by atoms with van der Waals surface area (Å²) in [6, 6.07) is 8.28. The maximum Gasteiger partial charge on any atom is 0.128 e. The lowest BCUT2D eigenvalue weighted by Crippen LogP contribution is -2.30. The first-order chi connectivity index (χ1) is 9.04. The molecule has 19 heavy (non-hydrogen) atoms. The number of nitrogens with two attached hydrogens (primary N) is 1. The second-order valence-electron chi connectivity index (χ2n) is 4.24. The zero-order chi connectivity index (χ0) is 14.0. The Morgan fingerprint density at radius 1 is 1.16 bits per heavy atom. The van der Waals surface area contributed by atoms with E-state index in [0.29, 0.717) is 0 Å². The van der Waals surface area contributed by atoms with Crippen LogP contribution in [0.15, 0.2) is 40.9 Å². The van der Waals surface area contributed by atoms with Crippen LogP contribution in [0.5, 0.6) is 0 Å². The van der Waals surface area contributed by atoms with Gasteiger partial charge in [-0.1, -0.05) is 34.1 Å². The highest BCUT2D eigenvalue weighted by Gasteiger charge is 2.20. The van der Waals surface area contributed by atoms with Gasteiger partial charge in [-0.15, -0.1) is 0 Å². The van der Waals surface area contributed by atoms with E-state index in [1.165, 1.54) is 0 Å².